The largest absolute Gasteiger partial charge is 0.486 e. The molecule has 4 atom stereocenters. The molecular formula is C25H36N2O7. The molecule has 0 aromatic heterocycles. The van der Waals surface area contributed by atoms with Gasteiger partial charge < -0.3 is 34.6 Å². The van der Waals surface area contributed by atoms with Crippen molar-refractivity contribution in [1.82, 2.24) is 10.2 Å². The molecule has 2 amide bonds. The molecule has 2 aliphatic rings. The molecule has 188 valence electrons. The third-order valence-electron chi connectivity index (χ3n) is 5.98. The van der Waals surface area contributed by atoms with Gasteiger partial charge in [0.25, 0.3) is 0 Å². The minimum atomic E-state index is -1.05. The number of carbonyl (C=O) groups excluding carboxylic acids is 2. The average molecular weight is 477 g/mol. The maximum Gasteiger partial charge on any atom is 0.249 e. The molecule has 0 saturated heterocycles. The van der Waals surface area contributed by atoms with Crippen molar-refractivity contribution in [3.63, 3.8) is 0 Å². The maximum atomic E-state index is 13.1. The van der Waals surface area contributed by atoms with Crippen LogP contribution in [0.25, 0.3) is 0 Å². The van der Waals surface area contributed by atoms with Gasteiger partial charge in [0.2, 0.25) is 11.8 Å². The number of ether oxygens (including phenoxy) is 3. The number of aliphatic hydroxyl groups excluding tert-OH is 2. The van der Waals surface area contributed by atoms with Gasteiger partial charge in [0.1, 0.15) is 24.6 Å². The number of rotatable bonds is 12. The molecule has 3 N–H and O–H groups in total. The number of hydrogen-bond acceptors (Lipinski definition) is 7. The number of para-hydroxylation sites is 1. The minimum absolute atomic E-state index is 0.0701. The highest BCUT2D eigenvalue weighted by Crippen LogP contribution is 2.47. The van der Waals surface area contributed by atoms with Gasteiger partial charge in [-0.1, -0.05) is 18.2 Å². The number of benzene rings is 1. The molecule has 1 aromatic carbocycles. The molecule has 0 fully saturated rings. The molecule has 4 unspecified atom stereocenters. The van der Waals surface area contributed by atoms with Crippen LogP contribution in [0, 0.1) is 0 Å². The Kier molecular flexibility index (Phi) is 9.46. The van der Waals surface area contributed by atoms with Crippen molar-refractivity contribution in [2.45, 2.75) is 57.5 Å². The highest BCUT2D eigenvalue weighted by Gasteiger charge is 2.50. The van der Waals surface area contributed by atoms with Crippen LogP contribution < -0.4 is 10.1 Å². The third kappa shape index (κ3) is 5.96. The van der Waals surface area contributed by atoms with E-state index >= 15 is 0 Å². The Bertz CT molecular complexity index is 873. The fourth-order valence-electron chi connectivity index (χ4n) is 4.46. The monoisotopic (exact) mass is 476 g/mol. The zero-order valence-electron chi connectivity index (χ0n) is 20.1. The van der Waals surface area contributed by atoms with E-state index in [1.165, 1.54) is 0 Å². The van der Waals surface area contributed by atoms with Crippen molar-refractivity contribution in [2.24, 2.45) is 0 Å². The Balaban J connectivity index is 1.93. The molecule has 0 bridgehead atoms. The summed E-state index contributed by atoms with van der Waals surface area (Å²) in [5.41, 5.74) is 1.22. The van der Waals surface area contributed by atoms with Crippen LogP contribution >= 0.6 is 0 Å². The van der Waals surface area contributed by atoms with Crippen molar-refractivity contribution in [3.8, 4) is 5.75 Å². The van der Waals surface area contributed by atoms with Gasteiger partial charge in [-0.2, -0.15) is 0 Å². The Labute approximate surface area is 200 Å². The maximum absolute atomic E-state index is 13.1. The number of carbonyl (C=O) groups is 2. The normalized spacial score (nSPS) is 23.1. The van der Waals surface area contributed by atoms with Crippen molar-refractivity contribution in [2.75, 3.05) is 39.5 Å². The van der Waals surface area contributed by atoms with Crippen LogP contribution in [0.5, 0.6) is 5.75 Å². The Morgan fingerprint density at radius 3 is 2.74 bits per heavy atom. The molecule has 0 saturated carbocycles. The molecule has 1 aliphatic carbocycles. The number of hydrogen-bond donors (Lipinski definition) is 3. The summed E-state index contributed by atoms with van der Waals surface area (Å²) in [5.74, 6) is -0.512. The van der Waals surface area contributed by atoms with E-state index in [0.29, 0.717) is 37.5 Å². The predicted octanol–water partition coefficient (Wildman–Crippen LogP) is 0.989. The third-order valence-corrected chi connectivity index (χ3v) is 5.98. The Morgan fingerprint density at radius 2 is 2.03 bits per heavy atom. The quantitative estimate of drug-likeness (QED) is 0.385. The molecular weight excluding hydrogens is 440 g/mol. The lowest BCUT2D eigenvalue weighted by Gasteiger charge is -2.40. The van der Waals surface area contributed by atoms with Gasteiger partial charge in [-0.3, -0.25) is 9.59 Å². The van der Waals surface area contributed by atoms with Crippen LogP contribution in [0.2, 0.25) is 0 Å². The van der Waals surface area contributed by atoms with E-state index in [1.54, 1.807) is 24.0 Å². The fraction of sp³-hybridized carbons (Fsp3) is 0.600. The lowest BCUT2D eigenvalue weighted by Crippen LogP contribution is -2.56. The van der Waals surface area contributed by atoms with E-state index in [1.807, 2.05) is 32.0 Å². The summed E-state index contributed by atoms with van der Waals surface area (Å²) >= 11 is 0. The fourth-order valence-corrected chi connectivity index (χ4v) is 4.46. The topological polar surface area (TPSA) is 118 Å². The zero-order valence-corrected chi connectivity index (χ0v) is 20.1. The number of aliphatic hydroxyl groups is 2. The summed E-state index contributed by atoms with van der Waals surface area (Å²) in [4.78, 5) is 27.7. The molecule has 9 nitrogen and oxygen atoms in total. The van der Waals surface area contributed by atoms with Gasteiger partial charge in [0.15, 0.2) is 0 Å². The number of nitrogens with one attached hydrogen (secondary N) is 1. The average Bonchev–Trinajstić information content (AvgIpc) is 3.22. The number of amides is 2. The standard InChI is InChI=1S/C25H36N2O7/c1-4-32-15-21(29)27(11-7-13-33-16(2)3)19-14-18(25(31)26-10-12-28)22-17-8-5-6-9-20(17)34-24(22)23(19)30/h5-6,8-9,14,16,19,22-24,28,30H,4,7,10-13,15H2,1-3H3,(H,26,31). The second-order valence-corrected chi connectivity index (χ2v) is 8.68. The molecule has 9 heteroatoms. The van der Waals surface area contributed by atoms with Crippen LogP contribution in [0.4, 0.5) is 0 Å². The van der Waals surface area contributed by atoms with Crippen molar-refractivity contribution in [1.29, 1.82) is 0 Å². The van der Waals surface area contributed by atoms with Crippen LogP contribution in [-0.4, -0.2) is 90.8 Å². The smallest absolute Gasteiger partial charge is 0.249 e. The predicted molar refractivity (Wildman–Crippen MR) is 125 cm³/mol. The van der Waals surface area contributed by atoms with Crippen LogP contribution in [0.15, 0.2) is 35.9 Å². The Morgan fingerprint density at radius 1 is 1.26 bits per heavy atom. The van der Waals surface area contributed by atoms with Crippen LogP contribution in [0.3, 0.4) is 0 Å². The first-order chi connectivity index (χ1) is 16.4. The highest BCUT2D eigenvalue weighted by atomic mass is 16.5. The van der Waals surface area contributed by atoms with Gasteiger partial charge in [-0.15, -0.1) is 0 Å². The number of fused-ring (bicyclic) bond motifs is 3. The van der Waals surface area contributed by atoms with E-state index < -0.39 is 24.2 Å². The summed E-state index contributed by atoms with van der Waals surface area (Å²) in [7, 11) is 0. The van der Waals surface area contributed by atoms with Gasteiger partial charge in [-0.05, 0) is 39.3 Å². The highest BCUT2D eigenvalue weighted by molar-refractivity contribution is 5.96. The van der Waals surface area contributed by atoms with Crippen molar-refractivity contribution < 1.29 is 34.0 Å². The molecule has 3 rings (SSSR count). The summed E-state index contributed by atoms with van der Waals surface area (Å²) in [6.45, 7) is 6.64. The minimum Gasteiger partial charge on any atom is -0.486 e. The first kappa shape index (κ1) is 26.2. The SMILES string of the molecule is CCOCC(=O)N(CCCOC(C)C)C1C=C(C(=O)NCCO)C2c3ccccc3OC2C1O. The van der Waals surface area contributed by atoms with Gasteiger partial charge >= 0.3 is 0 Å². The molecule has 1 aromatic rings. The summed E-state index contributed by atoms with van der Waals surface area (Å²) < 4.78 is 17.1. The lowest BCUT2D eigenvalue weighted by molar-refractivity contribution is -0.142. The van der Waals surface area contributed by atoms with E-state index in [2.05, 4.69) is 5.32 Å². The van der Waals surface area contributed by atoms with Crippen LogP contribution in [0.1, 0.15) is 38.7 Å². The molecule has 34 heavy (non-hydrogen) atoms. The number of nitrogens with zero attached hydrogens (tertiary/aromatic N) is 1. The zero-order chi connectivity index (χ0) is 24.7. The molecule has 1 heterocycles. The first-order valence-electron chi connectivity index (χ1n) is 11.9. The van der Waals surface area contributed by atoms with Gasteiger partial charge in [0, 0.05) is 37.4 Å². The van der Waals surface area contributed by atoms with Crippen molar-refractivity contribution >= 4 is 11.8 Å². The molecule has 0 radical (unpaired) electrons. The van der Waals surface area contributed by atoms with E-state index in [9.17, 15) is 19.8 Å². The van der Waals surface area contributed by atoms with E-state index in [-0.39, 0.29) is 37.7 Å². The molecule has 0 spiro atoms. The summed E-state index contributed by atoms with van der Waals surface area (Å²) in [6.07, 6.45) is 0.520. The molecule has 1 aliphatic heterocycles. The van der Waals surface area contributed by atoms with E-state index in [4.69, 9.17) is 14.2 Å². The lowest BCUT2D eigenvalue weighted by atomic mass is 9.77. The Hall–Kier alpha value is -2.46. The second-order valence-electron chi connectivity index (χ2n) is 8.68. The van der Waals surface area contributed by atoms with Gasteiger partial charge in [0.05, 0.1) is 24.7 Å². The van der Waals surface area contributed by atoms with Crippen LogP contribution in [-0.2, 0) is 19.1 Å². The first-order valence-corrected chi connectivity index (χ1v) is 11.9. The second kappa shape index (κ2) is 12.3. The van der Waals surface area contributed by atoms with Crippen molar-refractivity contribution in [3.05, 3.63) is 41.5 Å². The van der Waals surface area contributed by atoms with Gasteiger partial charge in [-0.25, -0.2) is 0 Å². The van der Waals surface area contributed by atoms with E-state index in [0.717, 1.165) is 5.56 Å². The summed E-state index contributed by atoms with van der Waals surface area (Å²) in [5, 5.41) is 23.3. The summed E-state index contributed by atoms with van der Waals surface area (Å²) in [6, 6.07) is 6.60.